The van der Waals surface area contributed by atoms with E-state index in [2.05, 4.69) is 29.2 Å². The number of hydrogen-bond donors (Lipinski definition) is 2. The Labute approximate surface area is 177 Å². The molecular formula is C22H22N4O3S. The van der Waals surface area contributed by atoms with E-state index < -0.39 is 11.2 Å². The van der Waals surface area contributed by atoms with Gasteiger partial charge in [0.1, 0.15) is 5.56 Å². The van der Waals surface area contributed by atoms with Crippen LogP contribution in [0.5, 0.6) is 5.88 Å². The minimum absolute atomic E-state index is 0.0142. The van der Waals surface area contributed by atoms with Crippen LogP contribution in [0.4, 0.5) is 11.4 Å². The van der Waals surface area contributed by atoms with Gasteiger partial charge in [-0.05, 0) is 29.8 Å². The number of hydrogen-bond acceptors (Lipinski definition) is 6. The Morgan fingerprint density at radius 1 is 1.13 bits per heavy atom. The standard InChI is InChI=1S/C22H22N4O3S/c1-25(2)14-10-8-13(9-11-14)18-12-16(23-15-6-4-5-7-17(15)30-18)19-20(27)24-22(29)26(3)21(19)28/h4-11,18,28H,12H2,1-3H3,(H,24,27,29)/t18-/m0/s1. The smallest absolute Gasteiger partial charge is 0.330 e. The predicted octanol–water partition coefficient (Wildman–Crippen LogP) is 3.20. The molecule has 2 N–H and O–H groups in total. The zero-order valence-electron chi connectivity index (χ0n) is 16.9. The van der Waals surface area contributed by atoms with Gasteiger partial charge in [0.2, 0.25) is 5.88 Å². The summed E-state index contributed by atoms with van der Waals surface area (Å²) in [4.78, 5) is 34.4. The molecule has 0 fully saturated rings. The number of nitrogens with one attached hydrogen (secondary N) is 1. The minimum atomic E-state index is -0.666. The van der Waals surface area contributed by atoms with Crippen molar-refractivity contribution in [2.75, 3.05) is 19.0 Å². The second-order valence-electron chi connectivity index (χ2n) is 7.34. The van der Waals surface area contributed by atoms with E-state index in [0.29, 0.717) is 12.1 Å². The molecule has 0 aliphatic carbocycles. The first kappa shape index (κ1) is 20.0. The van der Waals surface area contributed by atoms with E-state index >= 15 is 0 Å². The maximum Gasteiger partial charge on any atom is 0.330 e. The summed E-state index contributed by atoms with van der Waals surface area (Å²) in [5.41, 5.74) is 2.10. The SMILES string of the molecule is CN(C)c1ccc([C@@H]2CC(c3c(O)n(C)c(=O)[nH]c3=O)=Nc3ccccc3S2)cc1. The summed E-state index contributed by atoms with van der Waals surface area (Å²) in [5.74, 6) is -0.381. The third-order valence-electron chi connectivity index (χ3n) is 5.13. The molecule has 1 aliphatic heterocycles. The molecule has 0 unspecified atom stereocenters. The molecule has 30 heavy (non-hydrogen) atoms. The number of benzene rings is 2. The number of H-pyrrole nitrogens is 1. The molecule has 0 saturated carbocycles. The number of anilines is 1. The molecule has 0 spiro atoms. The Morgan fingerprint density at radius 2 is 1.83 bits per heavy atom. The molecule has 1 atom stereocenters. The molecule has 0 saturated heterocycles. The number of nitrogens with zero attached hydrogens (tertiary/aromatic N) is 3. The van der Waals surface area contributed by atoms with Crippen LogP contribution in [0.25, 0.3) is 0 Å². The van der Waals surface area contributed by atoms with Gasteiger partial charge < -0.3 is 10.0 Å². The van der Waals surface area contributed by atoms with Crippen molar-refractivity contribution in [1.29, 1.82) is 0 Å². The number of aromatic amines is 1. The van der Waals surface area contributed by atoms with Crippen molar-refractivity contribution in [3.05, 3.63) is 80.5 Å². The first-order valence-electron chi connectivity index (χ1n) is 9.48. The van der Waals surface area contributed by atoms with Crippen LogP contribution in [0.2, 0.25) is 0 Å². The zero-order chi connectivity index (χ0) is 21.4. The topological polar surface area (TPSA) is 90.7 Å². The van der Waals surface area contributed by atoms with Crippen LogP contribution in [0, 0.1) is 0 Å². The van der Waals surface area contributed by atoms with Gasteiger partial charge in [-0.3, -0.25) is 19.3 Å². The highest BCUT2D eigenvalue weighted by atomic mass is 32.2. The second-order valence-corrected chi connectivity index (χ2v) is 8.58. The van der Waals surface area contributed by atoms with Crippen LogP contribution in [0.15, 0.2) is 68.0 Å². The molecule has 1 aliphatic rings. The molecule has 0 amide bonds. The van der Waals surface area contributed by atoms with E-state index in [1.165, 1.54) is 7.05 Å². The molecule has 3 aromatic rings. The van der Waals surface area contributed by atoms with E-state index in [1.807, 2.05) is 43.3 Å². The lowest BCUT2D eigenvalue weighted by molar-refractivity contribution is 0.416. The quantitative estimate of drug-likeness (QED) is 0.676. The van der Waals surface area contributed by atoms with Gasteiger partial charge in [-0.15, -0.1) is 11.8 Å². The van der Waals surface area contributed by atoms with Gasteiger partial charge >= 0.3 is 5.69 Å². The van der Waals surface area contributed by atoms with E-state index in [0.717, 1.165) is 26.4 Å². The van der Waals surface area contributed by atoms with Crippen molar-refractivity contribution in [3.8, 4) is 5.88 Å². The maximum absolute atomic E-state index is 12.6. The second kappa shape index (κ2) is 7.87. The van der Waals surface area contributed by atoms with Crippen molar-refractivity contribution >= 4 is 28.8 Å². The fourth-order valence-electron chi connectivity index (χ4n) is 3.41. The van der Waals surface area contributed by atoms with Gasteiger partial charge in [0.05, 0.1) is 11.4 Å². The van der Waals surface area contributed by atoms with Gasteiger partial charge in [-0.1, -0.05) is 24.3 Å². The van der Waals surface area contributed by atoms with Crippen LogP contribution >= 0.6 is 11.8 Å². The molecule has 7 nitrogen and oxygen atoms in total. The summed E-state index contributed by atoms with van der Waals surface area (Å²) in [6.45, 7) is 0. The minimum Gasteiger partial charge on any atom is -0.494 e. The Bertz CT molecular complexity index is 1240. The number of para-hydroxylation sites is 1. The first-order chi connectivity index (χ1) is 14.3. The van der Waals surface area contributed by atoms with Crippen molar-refractivity contribution < 1.29 is 5.11 Å². The van der Waals surface area contributed by atoms with Crippen molar-refractivity contribution in [3.63, 3.8) is 0 Å². The van der Waals surface area contributed by atoms with E-state index in [1.54, 1.807) is 11.8 Å². The molecule has 4 rings (SSSR count). The van der Waals surface area contributed by atoms with Crippen molar-refractivity contribution in [2.45, 2.75) is 16.6 Å². The van der Waals surface area contributed by atoms with Crippen LogP contribution in [-0.2, 0) is 7.05 Å². The zero-order valence-corrected chi connectivity index (χ0v) is 17.7. The number of fused-ring (bicyclic) bond motifs is 1. The first-order valence-corrected chi connectivity index (χ1v) is 10.4. The highest BCUT2D eigenvalue weighted by Crippen LogP contribution is 2.45. The maximum atomic E-state index is 12.6. The van der Waals surface area contributed by atoms with E-state index in [-0.39, 0.29) is 16.7 Å². The van der Waals surface area contributed by atoms with Crippen LogP contribution in [0.3, 0.4) is 0 Å². The van der Waals surface area contributed by atoms with Crippen LogP contribution < -0.4 is 16.1 Å². The third kappa shape index (κ3) is 3.66. The fraction of sp³-hybridized carbons (Fsp3) is 0.227. The predicted molar refractivity (Wildman–Crippen MR) is 121 cm³/mol. The fourth-order valence-corrected chi connectivity index (χ4v) is 4.64. The Hall–Kier alpha value is -3.26. The van der Waals surface area contributed by atoms with Crippen molar-refractivity contribution in [1.82, 2.24) is 9.55 Å². The lowest BCUT2D eigenvalue weighted by atomic mass is 10.0. The molecule has 8 heteroatoms. The lowest BCUT2D eigenvalue weighted by Crippen LogP contribution is -2.32. The number of aromatic hydroxyl groups is 1. The molecule has 154 valence electrons. The van der Waals surface area contributed by atoms with Crippen LogP contribution in [-0.4, -0.2) is 34.5 Å². The molecule has 2 heterocycles. The Kier molecular flexibility index (Phi) is 5.26. The van der Waals surface area contributed by atoms with E-state index in [9.17, 15) is 14.7 Å². The summed E-state index contributed by atoms with van der Waals surface area (Å²) in [7, 11) is 5.39. The highest BCUT2D eigenvalue weighted by molar-refractivity contribution is 7.99. The highest BCUT2D eigenvalue weighted by Gasteiger charge is 2.26. The van der Waals surface area contributed by atoms with E-state index in [4.69, 9.17) is 4.99 Å². The third-order valence-corrected chi connectivity index (χ3v) is 6.45. The van der Waals surface area contributed by atoms with Gasteiger partial charge in [-0.2, -0.15) is 0 Å². The van der Waals surface area contributed by atoms with Crippen molar-refractivity contribution in [2.24, 2.45) is 12.0 Å². The van der Waals surface area contributed by atoms with Gasteiger partial charge in [0, 0.05) is 43.4 Å². The summed E-state index contributed by atoms with van der Waals surface area (Å²) in [6, 6.07) is 16.0. The molecule has 0 radical (unpaired) electrons. The molecular weight excluding hydrogens is 400 g/mol. The Balaban J connectivity index is 1.85. The lowest BCUT2D eigenvalue weighted by Gasteiger charge is -2.18. The average Bonchev–Trinajstić information content (AvgIpc) is 2.92. The average molecular weight is 423 g/mol. The summed E-state index contributed by atoms with van der Waals surface area (Å²) in [6.07, 6.45) is 0.426. The van der Waals surface area contributed by atoms with Gasteiger partial charge in [-0.25, -0.2) is 4.79 Å². The summed E-state index contributed by atoms with van der Waals surface area (Å²) < 4.78 is 1.02. The Morgan fingerprint density at radius 3 is 2.53 bits per heavy atom. The largest absolute Gasteiger partial charge is 0.494 e. The summed E-state index contributed by atoms with van der Waals surface area (Å²) >= 11 is 1.67. The molecule has 1 aromatic heterocycles. The van der Waals surface area contributed by atoms with Gasteiger partial charge in [0.15, 0.2) is 0 Å². The number of aliphatic imine (C=N–C) groups is 1. The normalized spacial score (nSPS) is 15.8. The number of rotatable bonds is 3. The monoisotopic (exact) mass is 422 g/mol. The number of aromatic nitrogens is 2. The molecule has 2 aromatic carbocycles. The number of thioether (sulfide) groups is 1. The van der Waals surface area contributed by atoms with Gasteiger partial charge in [0.25, 0.3) is 5.56 Å². The molecule has 0 bridgehead atoms. The summed E-state index contributed by atoms with van der Waals surface area (Å²) in [5, 5.41) is 10.5. The van der Waals surface area contributed by atoms with Crippen LogP contribution in [0.1, 0.15) is 22.8 Å².